The number of carbonyl (C=O) groups is 14. The van der Waals surface area contributed by atoms with Gasteiger partial charge in [0.2, 0.25) is 65.0 Å². The number of benzene rings is 3. The Morgan fingerprint density at radius 1 is 0.651 bits per heavy atom. The molecule has 4 fully saturated rings. The summed E-state index contributed by atoms with van der Waals surface area (Å²) >= 11 is 0. The number of likely N-dealkylation sites (N-methyl/N-ethyl adjacent to an activating group) is 1. The summed E-state index contributed by atoms with van der Waals surface area (Å²) in [7, 11) is 3.29. The number of likely N-dealkylation sites (tertiary alicyclic amines) is 2. The molecule has 1 saturated carbocycles. The number of hydrogen-bond acceptors (Lipinski definition) is 27. The van der Waals surface area contributed by atoms with Crippen LogP contribution < -0.4 is 73.4 Å². The van der Waals surface area contributed by atoms with Gasteiger partial charge in [0.1, 0.15) is 48.3 Å². The van der Waals surface area contributed by atoms with Gasteiger partial charge in [0, 0.05) is 132 Å². The van der Waals surface area contributed by atoms with Crippen LogP contribution in [0.15, 0.2) is 66.9 Å². The van der Waals surface area contributed by atoms with Crippen molar-refractivity contribution in [3.05, 3.63) is 89.1 Å². The quantitative estimate of drug-likeness (QED) is 0.0222. The molecule has 6 aliphatic rings. The highest BCUT2D eigenvalue weighted by molar-refractivity contribution is 6.08. The van der Waals surface area contributed by atoms with E-state index >= 15 is 0 Å². The van der Waals surface area contributed by atoms with Crippen molar-refractivity contribution < 1.29 is 105 Å². The van der Waals surface area contributed by atoms with Gasteiger partial charge in [-0.15, -0.1) is 0 Å². The molecule has 15 amide bonds. The third kappa shape index (κ3) is 28.7. The molecule has 10 rings (SSSR count). The fourth-order valence-corrected chi connectivity index (χ4v) is 15.6. The number of carbonyl (C=O) groups excluding carboxylic acids is 14. The average molecular weight is 1760 g/mol. The Morgan fingerprint density at radius 2 is 1.31 bits per heavy atom. The fourth-order valence-electron chi connectivity index (χ4n) is 15.6. The molecular weight excluding hydrogens is 1640 g/mol. The molecule has 1 aromatic heterocycles. The zero-order chi connectivity index (χ0) is 90.0. The Morgan fingerprint density at radius 3 is 1.98 bits per heavy atom. The molecule has 3 saturated heterocycles. The number of nitrogens with two attached hydrogens (primary N) is 1. The number of fused-ring (bicyclic) bond motifs is 2. The van der Waals surface area contributed by atoms with Crippen LogP contribution in [0.5, 0.6) is 5.75 Å². The molecule has 686 valence electrons. The lowest BCUT2D eigenvalue weighted by Gasteiger charge is -2.43. The van der Waals surface area contributed by atoms with Crippen LogP contribution in [0.3, 0.4) is 0 Å². The fraction of sp³-hybridized carbons (Fsp3) is 0.581. The molecule has 0 spiro atoms. The lowest BCUT2D eigenvalue weighted by atomic mass is 10.0. The molecule has 4 aromatic rings. The van der Waals surface area contributed by atoms with Crippen LogP contribution in [-0.2, 0) is 94.3 Å². The second-order valence-corrected chi connectivity index (χ2v) is 31.8. The largest absolute Gasteiger partial charge is 0.495 e. The summed E-state index contributed by atoms with van der Waals surface area (Å²) in [5.74, 6) is -3.79. The summed E-state index contributed by atoms with van der Waals surface area (Å²) in [5, 5.41) is 27.8. The van der Waals surface area contributed by atoms with Crippen LogP contribution in [0.25, 0.3) is 0 Å². The SMILES string of the molecule is CC[C@@H]1C(=O)N(C)c2cnc(Nc3ccc(C(=O)NC4CCN(CCOCCCC(NC(=O)OCc5ccc(NC(=O)[C@H](CCCNC(N)=O)NC(=O)[C@@H](NC(=O)CCOCCOCCOCCOCCOCCNC(=O)CCN6C(=O)CCC6=O)C(C)C)cc5)C(=O)Nc5cccc6c5CN(C5CCC(=O)NC5=O)C6=O)CC4)cc3OC)nc2N1C1CCCC1. The number of amides is 15. The standard InChI is InChI=1S/C86H120N18O22/c1-6-66-83(116)100(4)68-51-90-85(99-76(68)104(66)59-12-7-8-13-59)95-63-23-20-56(50-69(63)119-5)77(110)91-58-28-34-101(35-29-58)37-41-120-38-11-17-65(79(112)93-62-15-9-14-60-61(62)52-103(82(60)115)67-24-25-71(106)98-80(67)113)96-86(118)126-53-55-18-21-57(22-19-55)92-78(111)64(16-10-32-89-84(87)117)94-81(114)75(54(2)3)97-72(107)31-39-121-42-44-123-46-48-125-49-47-124-45-43-122-40-33-88-70(105)30-36-102-73(108)26-27-74(102)109/h9,14-15,18-23,50-51,54,58-59,64-67,75H,6-8,10-13,16-17,24-49,52-53H2,1-5H3,(H,88,105)(H,91,110)(H,92,111)(H,93,112)(H,94,114)(H,96,118)(H,97,107)(H3,87,89,117)(H,90,95,99)(H,98,106,113)/t64-,65?,66+,67?,75-/m0/s1. The lowest BCUT2D eigenvalue weighted by Crippen LogP contribution is -2.55. The van der Waals surface area contributed by atoms with Gasteiger partial charge in [-0.3, -0.25) is 67.8 Å². The molecule has 6 heterocycles. The van der Waals surface area contributed by atoms with Gasteiger partial charge in [-0.1, -0.05) is 51.8 Å². The Balaban J connectivity index is 0.637. The smallest absolute Gasteiger partial charge is 0.408 e. The molecule has 126 heavy (non-hydrogen) atoms. The van der Waals surface area contributed by atoms with Gasteiger partial charge in [0.05, 0.1) is 91.7 Å². The van der Waals surface area contributed by atoms with E-state index in [2.05, 4.69) is 68.0 Å². The zero-order valence-corrected chi connectivity index (χ0v) is 72.3. The van der Waals surface area contributed by atoms with Gasteiger partial charge in [0.15, 0.2) is 5.82 Å². The summed E-state index contributed by atoms with van der Waals surface area (Å²) in [6.07, 6.45) is 8.10. The summed E-state index contributed by atoms with van der Waals surface area (Å²) < 4.78 is 45.1. The molecule has 2 unspecified atom stereocenters. The molecule has 0 radical (unpaired) electrons. The van der Waals surface area contributed by atoms with Gasteiger partial charge in [-0.2, -0.15) is 4.98 Å². The maximum absolute atomic E-state index is 14.4. The van der Waals surface area contributed by atoms with Gasteiger partial charge in [0.25, 0.3) is 11.8 Å². The normalized spacial score (nSPS) is 17.4. The summed E-state index contributed by atoms with van der Waals surface area (Å²) in [6, 6.07) is 11.0. The van der Waals surface area contributed by atoms with Crippen LogP contribution in [0.1, 0.15) is 162 Å². The highest BCUT2D eigenvalue weighted by Crippen LogP contribution is 2.41. The first-order valence-corrected chi connectivity index (χ1v) is 43.4. The van der Waals surface area contributed by atoms with Crippen molar-refractivity contribution in [2.45, 2.75) is 185 Å². The number of alkyl carbamates (subject to hydrolysis) is 1. The van der Waals surface area contributed by atoms with Crippen molar-refractivity contribution in [1.82, 2.24) is 61.9 Å². The summed E-state index contributed by atoms with van der Waals surface area (Å²) in [4.78, 5) is 200. The van der Waals surface area contributed by atoms with E-state index in [4.69, 9.17) is 48.6 Å². The molecule has 12 N–H and O–H groups in total. The van der Waals surface area contributed by atoms with E-state index in [1.807, 2.05) is 6.92 Å². The predicted molar refractivity (Wildman–Crippen MR) is 459 cm³/mol. The topological polar surface area (TPSA) is 501 Å². The number of urea groups is 1. The van der Waals surface area contributed by atoms with E-state index in [0.717, 1.165) is 30.6 Å². The van der Waals surface area contributed by atoms with Crippen molar-refractivity contribution in [1.29, 1.82) is 0 Å². The number of aromatic nitrogens is 2. The van der Waals surface area contributed by atoms with Crippen molar-refractivity contribution in [3.63, 3.8) is 0 Å². The average Bonchev–Trinajstić information content (AvgIpc) is 0.979. The second kappa shape index (κ2) is 49.4. The highest BCUT2D eigenvalue weighted by Gasteiger charge is 2.43. The van der Waals surface area contributed by atoms with Crippen molar-refractivity contribution in [2.24, 2.45) is 11.7 Å². The number of primary amides is 1. The van der Waals surface area contributed by atoms with E-state index in [1.165, 1.54) is 12.0 Å². The number of nitrogens with zero attached hydrogens (tertiary/aromatic N) is 7. The van der Waals surface area contributed by atoms with Crippen LogP contribution in [-0.4, -0.2) is 283 Å². The number of anilines is 6. The molecule has 3 aromatic carbocycles. The summed E-state index contributed by atoms with van der Waals surface area (Å²) in [5.41, 5.74) is 8.72. The van der Waals surface area contributed by atoms with Crippen molar-refractivity contribution in [3.8, 4) is 5.75 Å². The first kappa shape index (κ1) is 96.6. The van der Waals surface area contributed by atoms with E-state index in [1.54, 1.807) is 92.7 Å². The first-order valence-electron chi connectivity index (χ1n) is 43.4. The lowest BCUT2D eigenvalue weighted by molar-refractivity contribution is -0.139. The minimum Gasteiger partial charge on any atom is -0.495 e. The van der Waals surface area contributed by atoms with Crippen LogP contribution >= 0.6 is 0 Å². The molecule has 5 aliphatic heterocycles. The maximum atomic E-state index is 14.4. The van der Waals surface area contributed by atoms with E-state index in [9.17, 15) is 67.1 Å². The number of imide groups is 2. The molecule has 5 atom stereocenters. The van der Waals surface area contributed by atoms with Gasteiger partial charge < -0.3 is 111 Å². The van der Waals surface area contributed by atoms with Crippen LogP contribution in [0.2, 0.25) is 0 Å². The Hall–Kier alpha value is -11.6. The Bertz CT molecular complexity index is 4420. The minimum absolute atomic E-state index is 0.0262. The van der Waals surface area contributed by atoms with Crippen LogP contribution in [0.4, 0.5) is 44.1 Å². The maximum Gasteiger partial charge on any atom is 0.408 e. The van der Waals surface area contributed by atoms with E-state index < -0.39 is 83.6 Å². The number of methoxy groups -OCH3 is 1. The third-order valence-corrected chi connectivity index (χ3v) is 22.5. The highest BCUT2D eigenvalue weighted by atomic mass is 16.6. The monoisotopic (exact) mass is 1760 g/mol. The Labute approximate surface area is 731 Å². The number of rotatable bonds is 51. The van der Waals surface area contributed by atoms with Crippen molar-refractivity contribution in [2.75, 3.05) is 158 Å². The second-order valence-electron chi connectivity index (χ2n) is 31.8. The molecule has 40 heteroatoms. The van der Waals surface area contributed by atoms with Gasteiger partial charge in [-0.05, 0) is 118 Å². The molecule has 0 bridgehead atoms. The number of nitrogens with one attached hydrogen (secondary N) is 10. The minimum atomic E-state index is -1.19. The first-order chi connectivity index (χ1) is 60.9. The van der Waals surface area contributed by atoms with Crippen LogP contribution in [0, 0.1) is 5.92 Å². The van der Waals surface area contributed by atoms with E-state index in [-0.39, 0.29) is 189 Å². The van der Waals surface area contributed by atoms with E-state index in [0.29, 0.717) is 136 Å². The third-order valence-electron chi connectivity index (χ3n) is 22.5. The number of piperidine rings is 2. The zero-order valence-electron chi connectivity index (χ0n) is 72.3. The molecule has 40 nitrogen and oxygen atoms in total. The number of hydrogen-bond donors (Lipinski definition) is 11. The Kier molecular flexibility index (Phi) is 37.9. The predicted octanol–water partition coefficient (Wildman–Crippen LogP) is 3.56. The van der Waals surface area contributed by atoms with Gasteiger partial charge >= 0.3 is 12.1 Å². The summed E-state index contributed by atoms with van der Waals surface area (Å²) in [6.45, 7) is 10.7. The van der Waals surface area contributed by atoms with Gasteiger partial charge in [-0.25, -0.2) is 14.6 Å². The molecular formula is C86H120N18O22. The van der Waals surface area contributed by atoms with Crippen molar-refractivity contribution >= 4 is 118 Å². The molecule has 1 aliphatic carbocycles. The number of ether oxygens (including phenoxy) is 8.